The lowest BCUT2D eigenvalue weighted by atomic mass is 10.00. The molecule has 4 aromatic carbocycles. The molecule has 0 aliphatic heterocycles. The molecule has 4 heteroatoms. The van der Waals surface area contributed by atoms with E-state index in [1.54, 1.807) is 0 Å². The van der Waals surface area contributed by atoms with Gasteiger partial charge < -0.3 is 4.42 Å². The number of hydrogen-bond acceptors (Lipinski definition) is 1. The highest BCUT2D eigenvalue weighted by Gasteiger charge is 2.27. The number of hydrogen-bond donors (Lipinski definition) is 0. The van der Waals surface area contributed by atoms with Gasteiger partial charge in [-0.1, -0.05) is 60.7 Å². The van der Waals surface area contributed by atoms with Crippen molar-refractivity contribution in [1.82, 2.24) is 4.57 Å². The van der Waals surface area contributed by atoms with Crippen LogP contribution in [0.1, 0.15) is 5.56 Å². The minimum atomic E-state index is -0.288. The summed E-state index contributed by atoms with van der Waals surface area (Å²) >= 11 is 0. The summed E-state index contributed by atoms with van der Waals surface area (Å²) in [7, 11) is 2.03. The van der Waals surface area contributed by atoms with Crippen LogP contribution in [-0.2, 0) is 7.05 Å². The Morgan fingerprint density at radius 2 is 1.39 bits per heavy atom. The van der Waals surface area contributed by atoms with E-state index in [1.807, 2.05) is 67.8 Å². The van der Waals surface area contributed by atoms with E-state index >= 15 is 4.39 Å². The lowest BCUT2D eigenvalue weighted by Gasteiger charge is -2.07. The molecular weight excluding hydrogens is 411 g/mol. The number of rotatable bonds is 3. The molecule has 6 aromatic rings. The predicted octanol–water partition coefficient (Wildman–Crippen LogP) is 6.98. The third-order valence-corrected chi connectivity index (χ3v) is 6.29. The third-order valence-electron chi connectivity index (χ3n) is 6.29. The number of halogens is 1. The Labute approximate surface area is 191 Å². The number of nitrogens with zero attached hydrogens (tertiary/aromatic N) is 2. The highest BCUT2D eigenvalue weighted by atomic mass is 19.1. The van der Waals surface area contributed by atoms with Gasteiger partial charge in [-0.2, -0.15) is 4.57 Å². The molecule has 0 bridgehead atoms. The van der Waals surface area contributed by atoms with Gasteiger partial charge in [0.1, 0.15) is 35.0 Å². The van der Waals surface area contributed by atoms with Crippen molar-refractivity contribution < 1.29 is 13.4 Å². The van der Waals surface area contributed by atoms with E-state index < -0.39 is 0 Å². The number of benzene rings is 4. The molecule has 0 amide bonds. The van der Waals surface area contributed by atoms with Gasteiger partial charge >= 0.3 is 0 Å². The molecule has 0 unspecified atom stereocenters. The molecule has 0 aliphatic rings. The summed E-state index contributed by atoms with van der Waals surface area (Å²) in [6, 6.07) is 27.4. The van der Waals surface area contributed by atoms with E-state index in [0.717, 1.165) is 44.6 Å². The number of para-hydroxylation sites is 1. The van der Waals surface area contributed by atoms with Gasteiger partial charge in [-0.3, -0.25) is 0 Å². The minimum absolute atomic E-state index is 0.288. The van der Waals surface area contributed by atoms with Crippen molar-refractivity contribution in [2.45, 2.75) is 6.92 Å². The summed E-state index contributed by atoms with van der Waals surface area (Å²) in [5, 5.41) is 1.88. The summed E-state index contributed by atoms with van der Waals surface area (Å²) in [4.78, 5) is 0. The fraction of sp³-hybridized carbons (Fsp3) is 0.0690. The van der Waals surface area contributed by atoms with Crippen molar-refractivity contribution >= 4 is 21.9 Å². The monoisotopic (exact) mass is 433 g/mol. The molecule has 160 valence electrons. The van der Waals surface area contributed by atoms with Gasteiger partial charge in [0.15, 0.2) is 5.58 Å². The SMILES string of the molecule is Cc1ccc2c(oc3c(-c4ccccc4)c(F)ccc32)c1-c1n(-c2ccccc2)cc[n+]1C. The first-order chi connectivity index (χ1) is 16.1. The molecule has 0 N–H and O–H groups in total. The first kappa shape index (κ1) is 19.5. The van der Waals surface area contributed by atoms with E-state index in [9.17, 15) is 0 Å². The zero-order valence-corrected chi connectivity index (χ0v) is 18.4. The van der Waals surface area contributed by atoms with Gasteiger partial charge in [0.2, 0.25) is 0 Å². The van der Waals surface area contributed by atoms with Gasteiger partial charge in [0.05, 0.1) is 12.6 Å². The van der Waals surface area contributed by atoms with Crippen molar-refractivity contribution in [2.75, 3.05) is 0 Å². The molecular formula is C29H22FN2O+. The summed E-state index contributed by atoms with van der Waals surface area (Å²) in [5.41, 5.74) is 5.79. The smallest absolute Gasteiger partial charge is 0.297 e. The van der Waals surface area contributed by atoms with Gasteiger partial charge in [-0.25, -0.2) is 8.96 Å². The maximum atomic E-state index is 15.1. The molecule has 2 heterocycles. The maximum Gasteiger partial charge on any atom is 0.297 e. The summed E-state index contributed by atoms with van der Waals surface area (Å²) < 4.78 is 25.9. The predicted molar refractivity (Wildman–Crippen MR) is 130 cm³/mol. The molecule has 0 saturated heterocycles. The topological polar surface area (TPSA) is 21.9 Å². The van der Waals surface area contributed by atoms with Crippen molar-refractivity contribution in [3.05, 3.63) is 109 Å². The van der Waals surface area contributed by atoms with Crippen LogP contribution in [0.25, 0.3) is 50.1 Å². The van der Waals surface area contributed by atoms with E-state index in [0.29, 0.717) is 11.1 Å². The van der Waals surface area contributed by atoms with Crippen molar-refractivity contribution in [3.63, 3.8) is 0 Å². The Hall–Kier alpha value is -4.18. The molecule has 2 aromatic heterocycles. The van der Waals surface area contributed by atoms with E-state index in [-0.39, 0.29) is 5.82 Å². The molecule has 3 nitrogen and oxygen atoms in total. The largest absolute Gasteiger partial charge is 0.454 e. The molecule has 0 atom stereocenters. The fourth-order valence-electron chi connectivity index (χ4n) is 4.70. The number of aromatic nitrogens is 2. The quantitative estimate of drug-likeness (QED) is 0.276. The van der Waals surface area contributed by atoms with Crippen LogP contribution >= 0.6 is 0 Å². The molecule has 0 saturated carbocycles. The van der Waals surface area contributed by atoms with Crippen LogP contribution in [0.3, 0.4) is 0 Å². The van der Waals surface area contributed by atoms with Crippen molar-refractivity contribution in [2.24, 2.45) is 7.05 Å². The summed E-state index contributed by atoms with van der Waals surface area (Å²) in [6.45, 7) is 2.09. The Bertz CT molecular complexity index is 1630. The lowest BCUT2D eigenvalue weighted by molar-refractivity contribution is -0.659. The molecule has 6 rings (SSSR count). The molecule has 33 heavy (non-hydrogen) atoms. The fourth-order valence-corrected chi connectivity index (χ4v) is 4.70. The second-order valence-corrected chi connectivity index (χ2v) is 8.34. The Morgan fingerprint density at radius 1 is 0.758 bits per heavy atom. The third kappa shape index (κ3) is 2.99. The van der Waals surface area contributed by atoms with Gasteiger partial charge in [-0.05, 0) is 42.3 Å². The van der Waals surface area contributed by atoms with Crippen LogP contribution in [-0.4, -0.2) is 4.57 Å². The van der Waals surface area contributed by atoms with E-state index in [2.05, 4.69) is 46.5 Å². The number of fused-ring (bicyclic) bond motifs is 3. The Balaban J connectivity index is 1.71. The lowest BCUT2D eigenvalue weighted by Crippen LogP contribution is -2.29. The summed E-state index contributed by atoms with van der Waals surface area (Å²) in [6.07, 6.45) is 4.10. The standard InChI is InChI=1S/C29H22FN2O/c1-19-13-14-22-23-15-16-24(30)26(20-9-5-3-6-10-20)28(23)33-27(22)25(19)29-31(2)17-18-32(29)21-11-7-4-8-12-21/h3-18H,1-2H3/q+1. The van der Waals surface area contributed by atoms with Crippen molar-refractivity contribution in [1.29, 1.82) is 0 Å². The highest BCUT2D eigenvalue weighted by molar-refractivity contribution is 6.13. The number of imidazole rings is 1. The highest BCUT2D eigenvalue weighted by Crippen LogP contribution is 2.41. The van der Waals surface area contributed by atoms with Gasteiger partial charge in [-0.15, -0.1) is 0 Å². The van der Waals surface area contributed by atoms with Crippen LogP contribution in [0, 0.1) is 12.7 Å². The van der Waals surface area contributed by atoms with E-state index in [1.165, 1.54) is 6.07 Å². The average Bonchev–Trinajstić information content (AvgIpc) is 3.40. The van der Waals surface area contributed by atoms with Crippen LogP contribution < -0.4 is 4.57 Å². The zero-order valence-electron chi connectivity index (χ0n) is 18.4. The Morgan fingerprint density at radius 3 is 2.12 bits per heavy atom. The molecule has 0 aliphatic carbocycles. The zero-order chi connectivity index (χ0) is 22.5. The molecule has 0 radical (unpaired) electrons. The Kier molecular flexibility index (Phi) is 4.40. The van der Waals surface area contributed by atoms with Crippen LogP contribution in [0.5, 0.6) is 0 Å². The summed E-state index contributed by atoms with van der Waals surface area (Å²) in [5.74, 6) is 0.717. The van der Waals surface area contributed by atoms with Crippen LogP contribution in [0.15, 0.2) is 102 Å². The second-order valence-electron chi connectivity index (χ2n) is 8.34. The van der Waals surface area contributed by atoms with Crippen LogP contribution in [0.4, 0.5) is 4.39 Å². The molecule has 0 spiro atoms. The average molecular weight is 434 g/mol. The maximum absolute atomic E-state index is 15.1. The normalized spacial score (nSPS) is 11.5. The second kappa shape index (κ2) is 7.45. The minimum Gasteiger partial charge on any atom is -0.454 e. The van der Waals surface area contributed by atoms with Crippen LogP contribution in [0.2, 0.25) is 0 Å². The van der Waals surface area contributed by atoms with Gasteiger partial charge in [0, 0.05) is 10.8 Å². The van der Waals surface area contributed by atoms with E-state index in [4.69, 9.17) is 4.42 Å². The first-order valence-electron chi connectivity index (χ1n) is 11.0. The molecule has 0 fully saturated rings. The number of furan rings is 1. The number of aryl methyl sites for hydroxylation is 2. The van der Waals surface area contributed by atoms with Crippen molar-refractivity contribution in [3.8, 4) is 28.2 Å². The first-order valence-corrected chi connectivity index (χ1v) is 11.0. The van der Waals surface area contributed by atoms with Gasteiger partial charge in [0.25, 0.3) is 5.82 Å².